The fourth-order valence-electron chi connectivity index (χ4n) is 1.75. The number of hydrogen-bond acceptors (Lipinski definition) is 5. The average Bonchev–Trinajstić information content (AvgIpc) is 2.45. The predicted octanol–water partition coefficient (Wildman–Crippen LogP) is 1.54. The first kappa shape index (κ1) is 15.8. The molecule has 0 aromatic heterocycles. The summed E-state index contributed by atoms with van der Waals surface area (Å²) in [6, 6.07) is 2.93. The van der Waals surface area contributed by atoms with Crippen molar-refractivity contribution in [2.75, 3.05) is 20.1 Å². The van der Waals surface area contributed by atoms with E-state index in [1.807, 2.05) is 0 Å². The molecule has 0 fully saturated rings. The number of methoxy groups -OCH3 is 2. The number of hydrogen-bond donors (Lipinski definition) is 2. The first-order valence-electron chi connectivity index (χ1n) is 5.72. The van der Waals surface area contributed by atoms with Crippen LogP contribution in [0.2, 0.25) is 0 Å². The summed E-state index contributed by atoms with van der Waals surface area (Å²) in [5.74, 6) is 0.844. The Morgan fingerprint density at radius 3 is 2.37 bits per heavy atom. The number of halogens is 1. The number of alkyl halides is 1. The van der Waals surface area contributed by atoms with Gasteiger partial charge in [-0.1, -0.05) is 0 Å². The Morgan fingerprint density at radius 2 is 1.89 bits per heavy atom. The van der Waals surface area contributed by atoms with Crippen LogP contribution in [0.25, 0.3) is 0 Å². The third kappa shape index (κ3) is 3.59. The molecular formula is C13H17ClO5. The normalized spacial score (nSPS) is 13.7. The Kier molecular flexibility index (Phi) is 6.08. The van der Waals surface area contributed by atoms with Gasteiger partial charge in [-0.2, -0.15) is 0 Å². The minimum atomic E-state index is -1.16. The van der Waals surface area contributed by atoms with Crippen LogP contribution in [0.4, 0.5) is 0 Å². The summed E-state index contributed by atoms with van der Waals surface area (Å²) >= 11 is 5.53. The maximum absolute atomic E-state index is 10.9. The molecule has 1 rings (SSSR count). The minimum Gasteiger partial charge on any atom is -0.496 e. The number of aldehydes is 1. The quantitative estimate of drug-likeness (QED) is 0.588. The smallest absolute Gasteiger partial charge is 0.153 e. The lowest BCUT2D eigenvalue weighted by atomic mass is 9.99. The zero-order chi connectivity index (χ0) is 14.4. The molecule has 0 bridgehead atoms. The summed E-state index contributed by atoms with van der Waals surface area (Å²) in [4.78, 5) is 10.9. The van der Waals surface area contributed by atoms with Gasteiger partial charge in [0.1, 0.15) is 17.6 Å². The predicted molar refractivity (Wildman–Crippen MR) is 71.2 cm³/mol. The van der Waals surface area contributed by atoms with E-state index in [1.54, 1.807) is 0 Å². The summed E-state index contributed by atoms with van der Waals surface area (Å²) in [6.07, 6.45) is -1.31. The van der Waals surface area contributed by atoms with Crippen molar-refractivity contribution in [1.82, 2.24) is 0 Å². The number of aliphatic hydroxyl groups is 2. The van der Waals surface area contributed by atoms with E-state index >= 15 is 0 Å². The Morgan fingerprint density at radius 1 is 1.26 bits per heavy atom. The fourth-order valence-corrected chi connectivity index (χ4v) is 1.97. The molecule has 2 atom stereocenters. The molecule has 0 aliphatic heterocycles. The van der Waals surface area contributed by atoms with E-state index in [2.05, 4.69) is 0 Å². The third-order valence-electron chi connectivity index (χ3n) is 2.80. The first-order valence-corrected chi connectivity index (χ1v) is 6.25. The summed E-state index contributed by atoms with van der Waals surface area (Å²) < 4.78 is 10.2. The largest absolute Gasteiger partial charge is 0.496 e. The first-order chi connectivity index (χ1) is 9.08. The van der Waals surface area contributed by atoms with Gasteiger partial charge in [0.25, 0.3) is 0 Å². The molecule has 1 aromatic carbocycles. The second kappa shape index (κ2) is 7.33. The van der Waals surface area contributed by atoms with E-state index in [4.69, 9.17) is 21.1 Å². The fraction of sp³-hybridized carbons (Fsp3) is 0.462. The van der Waals surface area contributed by atoms with E-state index < -0.39 is 12.2 Å². The van der Waals surface area contributed by atoms with Crippen LogP contribution in [0, 0.1) is 0 Å². The second-order valence-corrected chi connectivity index (χ2v) is 4.32. The number of rotatable bonds is 7. The van der Waals surface area contributed by atoms with Crippen molar-refractivity contribution < 1.29 is 24.5 Å². The van der Waals surface area contributed by atoms with Crippen molar-refractivity contribution in [3.8, 4) is 11.5 Å². The second-order valence-electron chi connectivity index (χ2n) is 3.94. The lowest BCUT2D eigenvalue weighted by Crippen LogP contribution is -2.19. The molecule has 0 aliphatic rings. The van der Waals surface area contributed by atoms with Gasteiger partial charge < -0.3 is 19.7 Å². The zero-order valence-electron chi connectivity index (χ0n) is 10.8. The topological polar surface area (TPSA) is 76.0 Å². The van der Waals surface area contributed by atoms with Gasteiger partial charge in [-0.3, -0.25) is 4.79 Å². The van der Waals surface area contributed by atoms with E-state index in [1.165, 1.54) is 26.4 Å². The summed E-state index contributed by atoms with van der Waals surface area (Å²) in [5.41, 5.74) is 0.657. The molecule has 106 valence electrons. The van der Waals surface area contributed by atoms with Crippen LogP contribution < -0.4 is 9.47 Å². The molecule has 2 N–H and O–H groups in total. The molecule has 0 heterocycles. The van der Waals surface area contributed by atoms with Crippen LogP contribution in [0.15, 0.2) is 12.1 Å². The molecule has 2 unspecified atom stereocenters. The van der Waals surface area contributed by atoms with Crippen molar-refractivity contribution in [2.24, 2.45) is 0 Å². The molecule has 5 nitrogen and oxygen atoms in total. The van der Waals surface area contributed by atoms with Crippen molar-refractivity contribution in [3.05, 3.63) is 23.3 Å². The molecule has 19 heavy (non-hydrogen) atoms. The SMILES string of the molecule is COc1cc(C(O)C(O)CCCl)c(OC)cc1C=O. The van der Waals surface area contributed by atoms with Crippen LogP contribution >= 0.6 is 11.6 Å². The highest BCUT2D eigenvalue weighted by atomic mass is 35.5. The monoisotopic (exact) mass is 288 g/mol. The number of aliphatic hydroxyl groups excluding tert-OH is 2. The lowest BCUT2D eigenvalue weighted by Gasteiger charge is -2.20. The van der Waals surface area contributed by atoms with Crippen molar-refractivity contribution in [1.29, 1.82) is 0 Å². The molecular weight excluding hydrogens is 272 g/mol. The van der Waals surface area contributed by atoms with Gasteiger partial charge in [-0.25, -0.2) is 0 Å². The standard InChI is InChI=1S/C13H17ClO5/c1-18-11-6-9(13(17)10(16)3-4-14)12(19-2)5-8(11)7-15/h5-7,10,13,16-17H,3-4H2,1-2H3. The van der Waals surface area contributed by atoms with Crippen LogP contribution in [0.1, 0.15) is 28.4 Å². The zero-order valence-corrected chi connectivity index (χ0v) is 11.6. The van der Waals surface area contributed by atoms with E-state index in [9.17, 15) is 15.0 Å². The number of ether oxygens (including phenoxy) is 2. The molecule has 6 heteroatoms. The van der Waals surface area contributed by atoms with Gasteiger partial charge in [0, 0.05) is 11.4 Å². The number of carbonyl (C=O) groups is 1. The van der Waals surface area contributed by atoms with Gasteiger partial charge in [0.2, 0.25) is 0 Å². The van der Waals surface area contributed by atoms with E-state index in [-0.39, 0.29) is 12.3 Å². The lowest BCUT2D eigenvalue weighted by molar-refractivity contribution is 0.0155. The molecule has 0 aliphatic carbocycles. The van der Waals surface area contributed by atoms with Crippen LogP contribution in [-0.2, 0) is 0 Å². The van der Waals surface area contributed by atoms with Gasteiger partial charge in [-0.15, -0.1) is 11.6 Å². The molecule has 0 spiro atoms. The van der Waals surface area contributed by atoms with Crippen LogP contribution in [-0.4, -0.2) is 42.7 Å². The minimum absolute atomic E-state index is 0.226. The Bertz CT molecular complexity index is 435. The molecule has 1 aromatic rings. The van der Waals surface area contributed by atoms with Crippen LogP contribution in [0.3, 0.4) is 0 Å². The highest BCUT2D eigenvalue weighted by Gasteiger charge is 2.23. The van der Waals surface area contributed by atoms with Crippen LogP contribution in [0.5, 0.6) is 11.5 Å². The van der Waals surface area contributed by atoms with Gasteiger partial charge in [0.15, 0.2) is 6.29 Å². The van der Waals surface area contributed by atoms with E-state index in [0.717, 1.165) is 0 Å². The Balaban J connectivity index is 3.21. The van der Waals surface area contributed by atoms with Gasteiger partial charge in [-0.05, 0) is 18.6 Å². The Labute approximate surface area is 116 Å². The molecule has 0 saturated heterocycles. The number of benzene rings is 1. The van der Waals surface area contributed by atoms with Gasteiger partial charge >= 0.3 is 0 Å². The average molecular weight is 289 g/mol. The van der Waals surface area contributed by atoms with Gasteiger partial charge in [0.05, 0.1) is 25.9 Å². The van der Waals surface area contributed by atoms with E-state index in [0.29, 0.717) is 28.9 Å². The van der Waals surface area contributed by atoms with Crippen molar-refractivity contribution in [3.63, 3.8) is 0 Å². The molecule has 0 amide bonds. The summed E-state index contributed by atoms with van der Waals surface area (Å²) in [5, 5.41) is 19.9. The maximum Gasteiger partial charge on any atom is 0.153 e. The molecule has 0 saturated carbocycles. The Hall–Kier alpha value is -1.30. The van der Waals surface area contributed by atoms with Crippen molar-refractivity contribution in [2.45, 2.75) is 18.6 Å². The molecule has 0 radical (unpaired) electrons. The van der Waals surface area contributed by atoms with Crippen molar-refractivity contribution >= 4 is 17.9 Å². The number of carbonyl (C=O) groups excluding carboxylic acids is 1. The highest BCUT2D eigenvalue weighted by Crippen LogP contribution is 2.34. The highest BCUT2D eigenvalue weighted by molar-refractivity contribution is 6.17. The maximum atomic E-state index is 10.9. The third-order valence-corrected chi connectivity index (χ3v) is 3.02. The summed E-state index contributed by atoms with van der Waals surface area (Å²) in [7, 11) is 2.83. The summed E-state index contributed by atoms with van der Waals surface area (Å²) in [6.45, 7) is 0.